The lowest BCUT2D eigenvalue weighted by Gasteiger charge is -2.11. The smallest absolute Gasteiger partial charge is 0.138 e. The van der Waals surface area contributed by atoms with Crippen molar-refractivity contribution in [1.29, 1.82) is 0 Å². The molecule has 0 aliphatic carbocycles. The van der Waals surface area contributed by atoms with Crippen LogP contribution in [0.3, 0.4) is 0 Å². The molecule has 2 aromatic rings. The number of halogens is 1. The molecule has 0 amide bonds. The summed E-state index contributed by atoms with van der Waals surface area (Å²) in [5.41, 5.74) is 1.26. The largest absolute Gasteiger partial charge is 0.368 e. The summed E-state index contributed by atoms with van der Waals surface area (Å²) in [7, 11) is 0. The molecule has 0 radical (unpaired) electrons. The minimum Gasteiger partial charge on any atom is -0.368 e. The summed E-state index contributed by atoms with van der Waals surface area (Å²) in [6, 6.07) is 0. The molecule has 1 atom stereocenters. The van der Waals surface area contributed by atoms with Gasteiger partial charge in [-0.3, -0.25) is 0 Å². The summed E-state index contributed by atoms with van der Waals surface area (Å²) < 4.78 is 0. The van der Waals surface area contributed by atoms with Gasteiger partial charge in [0.05, 0.1) is 10.8 Å². The van der Waals surface area contributed by atoms with E-state index in [1.165, 1.54) is 10.4 Å². The second-order valence-corrected chi connectivity index (χ2v) is 6.27. The average molecular weight is 284 g/mol. The van der Waals surface area contributed by atoms with E-state index in [2.05, 4.69) is 36.1 Å². The number of hydrogen-bond donors (Lipinski definition) is 1. The van der Waals surface area contributed by atoms with Gasteiger partial charge in [0.15, 0.2) is 0 Å². The van der Waals surface area contributed by atoms with E-state index in [1.54, 1.807) is 17.7 Å². The van der Waals surface area contributed by atoms with E-state index in [0.717, 1.165) is 35.4 Å². The summed E-state index contributed by atoms with van der Waals surface area (Å²) in [5.74, 6) is 0.906. The molecule has 5 heteroatoms. The number of fused-ring (bicyclic) bond motifs is 1. The van der Waals surface area contributed by atoms with Gasteiger partial charge in [0.2, 0.25) is 0 Å². The lowest BCUT2D eigenvalue weighted by Crippen LogP contribution is -2.15. The van der Waals surface area contributed by atoms with Crippen LogP contribution in [-0.2, 0) is 0 Å². The molecule has 18 heavy (non-hydrogen) atoms. The number of nitrogens with one attached hydrogen (secondary N) is 1. The zero-order valence-electron chi connectivity index (χ0n) is 11.0. The fourth-order valence-corrected chi connectivity index (χ4v) is 3.23. The Bertz CT molecular complexity index is 538. The highest BCUT2D eigenvalue weighted by molar-refractivity contribution is 7.18. The monoisotopic (exact) mass is 283 g/mol. The Morgan fingerprint density at radius 2 is 2.17 bits per heavy atom. The third-order valence-corrected chi connectivity index (χ3v) is 4.55. The first-order valence-electron chi connectivity index (χ1n) is 6.22. The van der Waals surface area contributed by atoms with E-state index in [0.29, 0.717) is 0 Å². The number of rotatable bonds is 5. The third kappa shape index (κ3) is 2.75. The fraction of sp³-hybridized carbons (Fsp3) is 0.538. The SMILES string of the molecule is CCCC(Cl)CNc1ncnc2sc(C)c(C)c12. The Morgan fingerprint density at radius 1 is 1.39 bits per heavy atom. The first-order chi connectivity index (χ1) is 8.63. The normalized spacial score (nSPS) is 12.9. The van der Waals surface area contributed by atoms with Crippen molar-refractivity contribution in [3.63, 3.8) is 0 Å². The van der Waals surface area contributed by atoms with Crippen LogP contribution in [0, 0.1) is 13.8 Å². The second-order valence-electron chi connectivity index (χ2n) is 4.45. The van der Waals surface area contributed by atoms with Crippen molar-refractivity contribution in [3.8, 4) is 0 Å². The molecule has 0 aromatic carbocycles. The Balaban J connectivity index is 2.23. The Hall–Kier alpha value is -0.870. The highest BCUT2D eigenvalue weighted by atomic mass is 35.5. The van der Waals surface area contributed by atoms with Crippen LogP contribution in [-0.4, -0.2) is 21.9 Å². The van der Waals surface area contributed by atoms with E-state index in [4.69, 9.17) is 11.6 Å². The van der Waals surface area contributed by atoms with Crippen LogP contribution in [0.4, 0.5) is 5.82 Å². The fourth-order valence-electron chi connectivity index (χ4n) is 1.94. The van der Waals surface area contributed by atoms with Crippen LogP contribution < -0.4 is 5.32 Å². The molecular formula is C13H18ClN3S. The lowest BCUT2D eigenvalue weighted by molar-refractivity contribution is 0.751. The number of anilines is 1. The minimum absolute atomic E-state index is 0.153. The van der Waals surface area contributed by atoms with Gasteiger partial charge in [-0.25, -0.2) is 9.97 Å². The summed E-state index contributed by atoms with van der Waals surface area (Å²) in [6.45, 7) is 7.13. The number of thiophene rings is 1. The predicted molar refractivity (Wildman–Crippen MR) is 79.9 cm³/mol. The average Bonchev–Trinajstić information content (AvgIpc) is 2.64. The van der Waals surface area contributed by atoms with Crippen molar-refractivity contribution < 1.29 is 0 Å². The van der Waals surface area contributed by atoms with Crippen LogP contribution >= 0.6 is 22.9 Å². The topological polar surface area (TPSA) is 37.8 Å². The van der Waals surface area contributed by atoms with Gasteiger partial charge in [0, 0.05) is 11.4 Å². The van der Waals surface area contributed by atoms with Crippen molar-refractivity contribution in [2.24, 2.45) is 0 Å². The first kappa shape index (κ1) is 13.6. The van der Waals surface area contributed by atoms with Gasteiger partial charge in [0.1, 0.15) is 17.0 Å². The quantitative estimate of drug-likeness (QED) is 0.839. The molecule has 3 nitrogen and oxygen atoms in total. The van der Waals surface area contributed by atoms with Crippen LogP contribution in [0.1, 0.15) is 30.2 Å². The van der Waals surface area contributed by atoms with Gasteiger partial charge in [-0.05, 0) is 25.8 Å². The van der Waals surface area contributed by atoms with Crippen LogP contribution in [0.15, 0.2) is 6.33 Å². The van der Waals surface area contributed by atoms with Gasteiger partial charge < -0.3 is 5.32 Å². The van der Waals surface area contributed by atoms with E-state index in [9.17, 15) is 0 Å². The van der Waals surface area contributed by atoms with Gasteiger partial charge in [-0.15, -0.1) is 22.9 Å². The molecule has 1 unspecified atom stereocenters. The Morgan fingerprint density at radius 3 is 2.89 bits per heavy atom. The van der Waals surface area contributed by atoms with E-state index < -0.39 is 0 Å². The molecule has 0 fully saturated rings. The van der Waals surface area contributed by atoms with Crippen molar-refractivity contribution in [2.75, 3.05) is 11.9 Å². The van der Waals surface area contributed by atoms with Gasteiger partial charge in [-0.2, -0.15) is 0 Å². The second kappa shape index (κ2) is 5.85. The summed E-state index contributed by atoms with van der Waals surface area (Å²) in [5, 5.41) is 4.64. The molecule has 0 saturated heterocycles. The number of hydrogen-bond acceptors (Lipinski definition) is 4. The molecule has 0 spiro atoms. The van der Waals surface area contributed by atoms with Crippen LogP contribution in [0.5, 0.6) is 0 Å². The number of nitrogens with zero attached hydrogens (tertiary/aromatic N) is 2. The zero-order chi connectivity index (χ0) is 13.1. The summed E-state index contributed by atoms with van der Waals surface area (Å²) in [4.78, 5) is 11.0. The zero-order valence-corrected chi connectivity index (χ0v) is 12.5. The third-order valence-electron chi connectivity index (χ3n) is 3.06. The van der Waals surface area contributed by atoms with E-state index in [1.807, 2.05) is 0 Å². The maximum absolute atomic E-state index is 6.22. The van der Waals surface area contributed by atoms with E-state index >= 15 is 0 Å². The Kier molecular flexibility index (Phi) is 4.40. The minimum atomic E-state index is 0.153. The van der Waals surface area contributed by atoms with Crippen molar-refractivity contribution in [2.45, 2.75) is 39.0 Å². The number of alkyl halides is 1. The highest BCUT2D eigenvalue weighted by Crippen LogP contribution is 2.32. The molecule has 0 bridgehead atoms. The van der Waals surface area contributed by atoms with Crippen molar-refractivity contribution in [3.05, 3.63) is 16.8 Å². The molecule has 2 rings (SSSR count). The maximum atomic E-state index is 6.22. The molecule has 2 aromatic heterocycles. The molecular weight excluding hydrogens is 266 g/mol. The molecule has 0 aliphatic rings. The van der Waals surface area contributed by atoms with Crippen LogP contribution in [0.25, 0.3) is 10.2 Å². The first-order valence-corrected chi connectivity index (χ1v) is 7.47. The van der Waals surface area contributed by atoms with Gasteiger partial charge >= 0.3 is 0 Å². The molecule has 0 saturated carbocycles. The molecule has 98 valence electrons. The molecule has 0 aliphatic heterocycles. The molecule has 1 N–H and O–H groups in total. The van der Waals surface area contributed by atoms with Gasteiger partial charge in [0.25, 0.3) is 0 Å². The Labute approximate surface area is 117 Å². The van der Waals surface area contributed by atoms with E-state index in [-0.39, 0.29) is 5.38 Å². The maximum Gasteiger partial charge on any atom is 0.138 e. The summed E-state index contributed by atoms with van der Waals surface area (Å²) in [6.07, 6.45) is 3.74. The standard InChI is InChI=1S/C13H18ClN3S/c1-4-5-10(14)6-15-12-11-8(2)9(3)18-13(11)17-7-16-12/h7,10H,4-6H2,1-3H3,(H,15,16,17). The van der Waals surface area contributed by atoms with Crippen LogP contribution in [0.2, 0.25) is 0 Å². The number of aryl methyl sites for hydroxylation is 2. The lowest BCUT2D eigenvalue weighted by atomic mass is 10.2. The highest BCUT2D eigenvalue weighted by Gasteiger charge is 2.12. The van der Waals surface area contributed by atoms with Crippen molar-refractivity contribution in [1.82, 2.24) is 9.97 Å². The molecule has 2 heterocycles. The summed E-state index contributed by atoms with van der Waals surface area (Å²) >= 11 is 7.94. The number of aromatic nitrogens is 2. The predicted octanol–water partition coefficient (Wildman–Crippen LogP) is 4.13. The van der Waals surface area contributed by atoms with Crippen molar-refractivity contribution >= 4 is 39.0 Å². The van der Waals surface area contributed by atoms with Gasteiger partial charge in [-0.1, -0.05) is 13.3 Å².